The highest BCUT2D eigenvalue weighted by atomic mass is 16.4. The summed E-state index contributed by atoms with van der Waals surface area (Å²) in [7, 11) is 0. The van der Waals surface area contributed by atoms with Gasteiger partial charge in [0.25, 0.3) is 0 Å². The van der Waals surface area contributed by atoms with Crippen molar-refractivity contribution in [2.24, 2.45) is 0 Å². The number of carboxylic acids is 1. The summed E-state index contributed by atoms with van der Waals surface area (Å²) >= 11 is 0. The lowest BCUT2D eigenvalue weighted by molar-refractivity contribution is 0.0696. The van der Waals surface area contributed by atoms with Crippen LogP contribution in [0.5, 0.6) is 0 Å². The third kappa shape index (κ3) is 2.26. The molecule has 0 unspecified atom stereocenters. The van der Waals surface area contributed by atoms with Crippen molar-refractivity contribution in [3.05, 3.63) is 22.9 Å². The molecule has 1 aromatic rings. The Morgan fingerprint density at radius 2 is 2.05 bits per heavy atom. The monoisotopic (exact) mass is 276 g/mol. The first kappa shape index (κ1) is 13.4. The summed E-state index contributed by atoms with van der Waals surface area (Å²) in [4.78, 5) is 16.0. The summed E-state index contributed by atoms with van der Waals surface area (Å²) in [6.45, 7) is 0.0187. The van der Waals surface area contributed by atoms with E-state index in [0.29, 0.717) is 5.82 Å². The van der Waals surface area contributed by atoms with Gasteiger partial charge >= 0.3 is 5.97 Å². The number of nitrogens with zero attached hydrogens (tertiary/aromatic N) is 1. The second-order valence-corrected chi connectivity index (χ2v) is 5.92. The first-order valence-electron chi connectivity index (χ1n) is 7.29. The average Bonchev–Trinajstić information content (AvgIpc) is 2.41. The van der Waals surface area contributed by atoms with Crippen LogP contribution >= 0.6 is 0 Å². The van der Waals surface area contributed by atoms with E-state index in [1.165, 1.54) is 0 Å². The Kier molecular flexibility index (Phi) is 3.38. The maximum absolute atomic E-state index is 11.4. The molecule has 0 amide bonds. The summed E-state index contributed by atoms with van der Waals surface area (Å²) in [5, 5.41) is 22.1. The van der Waals surface area contributed by atoms with Gasteiger partial charge in [0.1, 0.15) is 11.4 Å². The Hall–Kier alpha value is -1.62. The molecule has 0 bridgehead atoms. The fraction of sp³-hybridized carbons (Fsp3) is 0.600. The van der Waals surface area contributed by atoms with E-state index < -0.39 is 5.97 Å². The molecule has 1 aromatic heterocycles. The number of anilines is 1. The van der Waals surface area contributed by atoms with Crippen LogP contribution in [0, 0.1) is 0 Å². The van der Waals surface area contributed by atoms with Crippen LogP contribution in [0.2, 0.25) is 0 Å². The van der Waals surface area contributed by atoms with Gasteiger partial charge in [0.15, 0.2) is 0 Å². The minimum Gasteiger partial charge on any atom is -0.478 e. The zero-order valence-corrected chi connectivity index (χ0v) is 11.5. The molecule has 0 saturated heterocycles. The summed E-state index contributed by atoms with van der Waals surface area (Å²) < 4.78 is 0. The lowest BCUT2D eigenvalue weighted by Gasteiger charge is -2.41. The van der Waals surface area contributed by atoms with E-state index >= 15 is 0 Å². The molecule has 1 saturated carbocycles. The van der Waals surface area contributed by atoms with Gasteiger partial charge in [-0.2, -0.15) is 0 Å². The van der Waals surface area contributed by atoms with Gasteiger partial charge in [-0.25, -0.2) is 9.78 Å². The van der Waals surface area contributed by atoms with E-state index in [1.807, 2.05) is 0 Å². The molecule has 5 heteroatoms. The third-order valence-electron chi connectivity index (χ3n) is 4.53. The number of hydrogen-bond donors (Lipinski definition) is 3. The predicted octanol–water partition coefficient (Wildman–Crippen LogP) is 1.99. The quantitative estimate of drug-likeness (QED) is 0.783. The van der Waals surface area contributed by atoms with E-state index in [9.17, 15) is 15.0 Å². The number of aliphatic hydroxyl groups is 1. The Morgan fingerprint density at radius 1 is 1.30 bits per heavy atom. The average molecular weight is 276 g/mol. The van der Waals surface area contributed by atoms with Gasteiger partial charge in [-0.1, -0.05) is 0 Å². The topological polar surface area (TPSA) is 82.5 Å². The normalized spacial score (nSPS) is 19.9. The first-order valence-corrected chi connectivity index (χ1v) is 7.29. The van der Waals surface area contributed by atoms with Gasteiger partial charge in [-0.3, -0.25) is 0 Å². The number of aromatic nitrogens is 1. The highest BCUT2D eigenvalue weighted by Gasteiger charge is 2.37. The van der Waals surface area contributed by atoms with Crippen molar-refractivity contribution in [2.45, 2.75) is 50.5 Å². The molecule has 0 aromatic carbocycles. The Morgan fingerprint density at radius 3 is 2.65 bits per heavy atom. The fourth-order valence-corrected chi connectivity index (χ4v) is 3.07. The van der Waals surface area contributed by atoms with Crippen molar-refractivity contribution in [2.75, 3.05) is 11.9 Å². The lowest BCUT2D eigenvalue weighted by atomic mass is 9.77. The molecule has 1 heterocycles. The molecule has 2 aliphatic carbocycles. The number of aliphatic hydroxyl groups excluding tert-OH is 1. The van der Waals surface area contributed by atoms with Gasteiger partial charge in [-0.15, -0.1) is 0 Å². The van der Waals surface area contributed by atoms with Crippen LogP contribution in [0.15, 0.2) is 6.07 Å². The highest BCUT2D eigenvalue weighted by molar-refractivity contribution is 5.93. The van der Waals surface area contributed by atoms with E-state index in [-0.39, 0.29) is 17.7 Å². The molecular weight excluding hydrogens is 256 g/mol. The maximum atomic E-state index is 11.4. The molecule has 0 spiro atoms. The fourth-order valence-electron chi connectivity index (χ4n) is 3.07. The van der Waals surface area contributed by atoms with Gasteiger partial charge < -0.3 is 15.5 Å². The van der Waals surface area contributed by atoms with E-state index in [0.717, 1.165) is 56.2 Å². The lowest BCUT2D eigenvalue weighted by Crippen LogP contribution is -2.49. The van der Waals surface area contributed by atoms with Crippen LogP contribution < -0.4 is 5.32 Å². The maximum Gasteiger partial charge on any atom is 0.339 e. The Bertz CT molecular complexity index is 533. The number of rotatable bonds is 4. The van der Waals surface area contributed by atoms with Gasteiger partial charge in [0, 0.05) is 5.69 Å². The third-order valence-corrected chi connectivity index (χ3v) is 4.53. The molecular formula is C15H20N2O3. The van der Waals surface area contributed by atoms with Gasteiger partial charge in [0.2, 0.25) is 0 Å². The largest absolute Gasteiger partial charge is 0.478 e. The van der Waals surface area contributed by atoms with Crippen LogP contribution in [0.1, 0.15) is 53.7 Å². The van der Waals surface area contributed by atoms with Crippen LogP contribution in [0.25, 0.3) is 0 Å². The molecule has 0 atom stereocenters. The molecule has 108 valence electrons. The summed E-state index contributed by atoms with van der Waals surface area (Å²) in [6, 6.07) is 1.76. The number of pyridine rings is 1. The molecule has 2 aliphatic rings. The van der Waals surface area contributed by atoms with Gasteiger partial charge in [0.05, 0.1) is 12.1 Å². The number of nitrogens with one attached hydrogen (secondary N) is 1. The van der Waals surface area contributed by atoms with Crippen LogP contribution in [0.4, 0.5) is 5.82 Å². The Labute approximate surface area is 118 Å². The SMILES string of the molecule is O=C(O)c1cc2c(nc1NC1(CO)CCC1)CCCC2. The van der Waals surface area contributed by atoms with E-state index in [2.05, 4.69) is 10.3 Å². The van der Waals surface area contributed by atoms with Gasteiger partial charge in [-0.05, 0) is 56.6 Å². The highest BCUT2D eigenvalue weighted by Crippen LogP contribution is 2.36. The van der Waals surface area contributed by atoms with E-state index in [4.69, 9.17) is 0 Å². The number of carbonyl (C=O) groups is 1. The molecule has 0 aliphatic heterocycles. The van der Waals surface area contributed by atoms with Crippen molar-refractivity contribution in [3.63, 3.8) is 0 Å². The van der Waals surface area contributed by atoms with Crippen molar-refractivity contribution >= 4 is 11.8 Å². The van der Waals surface area contributed by atoms with Crippen molar-refractivity contribution in [3.8, 4) is 0 Å². The number of hydrogen-bond acceptors (Lipinski definition) is 4. The minimum atomic E-state index is -0.958. The zero-order chi connectivity index (χ0) is 14.2. The number of fused-ring (bicyclic) bond motifs is 1. The van der Waals surface area contributed by atoms with Crippen molar-refractivity contribution in [1.82, 2.24) is 4.98 Å². The molecule has 0 radical (unpaired) electrons. The molecule has 3 rings (SSSR count). The minimum absolute atomic E-state index is 0.0187. The van der Waals surface area contributed by atoms with Crippen molar-refractivity contribution < 1.29 is 15.0 Å². The van der Waals surface area contributed by atoms with Crippen LogP contribution in [-0.4, -0.2) is 33.3 Å². The first-order chi connectivity index (χ1) is 9.63. The summed E-state index contributed by atoms with van der Waals surface area (Å²) in [5.74, 6) is -0.535. The molecule has 20 heavy (non-hydrogen) atoms. The van der Waals surface area contributed by atoms with Crippen LogP contribution in [-0.2, 0) is 12.8 Å². The molecule has 5 nitrogen and oxygen atoms in total. The molecule has 1 fully saturated rings. The predicted molar refractivity (Wildman–Crippen MR) is 75.1 cm³/mol. The standard InChI is InChI=1S/C15H20N2O3/c18-9-15(6-3-7-15)17-13-11(14(19)20)8-10-4-1-2-5-12(10)16-13/h8,18H,1-7,9H2,(H,16,17)(H,19,20). The van der Waals surface area contributed by atoms with Crippen LogP contribution in [0.3, 0.4) is 0 Å². The Balaban J connectivity index is 1.97. The second-order valence-electron chi connectivity index (χ2n) is 5.92. The number of aryl methyl sites for hydroxylation is 2. The molecule has 3 N–H and O–H groups in total. The van der Waals surface area contributed by atoms with E-state index in [1.54, 1.807) is 6.07 Å². The summed E-state index contributed by atoms with van der Waals surface area (Å²) in [5.41, 5.74) is 1.92. The van der Waals surface area contributed by atoms with Crippen molar-refractivity contribution in [1.29, 1.82) is 0 Å². The second kappa shape index (κ2) is 5.05. The smallest absolute Gasteiger partial charge is 0.339 e. The zero-order valence-electron chi connectivity index (χ0n) is 11.5. The number of aromatic carboxylic acids is 1. The number of carboxylic acid groups (broad SMARTS) is 1. The summed E-state index contributed by atoms with van der Waals surface area (Å²) in [6.07, 6.45) is 6.81.